The van der Waals surface area contributed by atoms with Crippen molar-refractivity contribution in [2.75, 3.05) is 22.3 Å². The van der Waals surface area contributed by atoms with Crippen molar-refractivity contribution >= 4 is 21.4 Å². The highest BCUT2D eigenvalue weighted by molar-refractivity contribution is 7.92. The highest BCUT2D eigenvalue weighted by Crippen LogP contribution is 2.35. The Balaban J connectivity index is 2.44. The number of hydrogen-bond acceptors (Lipinski definition) is 3. The average Bonchev–Trinajstić information content (AvgIpc) is 2.63. The second kappa shape index (κ2) is 3.97. The number of nitrogens with two attached hydrogens (primary N) is 1. The molecular weight excluding hydrogens is 224 g/mol. The van der Waals surface area contributed by atoms with E-state index >= 15 is 0 Å². The van der Waals surface area contributed by atoms with Crippen molar-refractivity contribution < 1.29 is 8.42 Å². The van der Waals surface area contributed by atoms with Crippen molar-refractivity contribution in [2.45, 2.75) is 19.8 Å². The molecule has 5 heteroatoms. The molecule has 0 unspecified atom stereocenters. The molecule has 1 aromatic carbocycles. The monoisotopic (exact) mass is 240 g/mol. The Hall–Kier alpha value is -1.23. The SMILES string of the molecule is CCCS(=O)(=O)N1CCc2cccc(N)c21. The number of para-hydroxylation sites is 1. The summed E-state index contributed by atoms with van der Waals surface area (Å²) in [4.78, 5) is 0. The van der Waals surface area contributed by atoms with E-state index in [1.54, 1.807) is 6.07 Å². The van der Waals surface area contributed by atoms with E-state index in [-0.39, 0.29) is 5.75 Å². The van der Waals surface area contributed by atoms with Gasteiger partial charge in [0.15, 0.2) is 0 Å². The van der Waals surface area contributed by atoms with Gasteiger partial charge in [-0.2, -0.15) is 0 Å². The van der Waals surface area contributed by atoms with Crippen LogP contribution in [0.3, 0.4) is 0 Å². The van der Waals surface area contributed by atoms with E-state index in [0.29, 0.717) is 24.3 Å². The third-order valence-electron chi connectivity index (χ3n) is 2.78. The Morgan fingerprint density at radius 2 is 2.19 bits per heavy atom. The van der Waals surface area contributed by atoms with Gasteiger partial charge in [0.25, 0.3) is 0 Å². The highest BCUT2D eigenvalue weighted by Gasteiger charge is 2.30. The summed E-state index contributed by atoms with van der Waals surface area (Å²) in [6, 6.07) is 5.55. The van der Waals surface area contributed by atoms with Gasteiger partial charge in [0, 0.05) is 6.54 Å². The lowest BCUT2D eigenvalue weighted by molar-refractivity contribution is 0.591. The van der Waals surface area contributed by atoms with Crippen molar-refractivity contribution in [3.05, 3.63) is 23.8 Å². The summed E-state index contributed by atoms with van der Waals surface area (Å²) in [5.41, 5.74) is 8.12. The van der Waals surface area contributed by atoms with Crippen LogP contribution < -0.4 is 10.0 Å². The summed E-state index contributed by atoms with van der Waals surface area (Å²) in [5.74, 6) is 0.181. The molecule has 4 nitrogen and oxygen atoms in total. The lowest BCUT2D eigenvalue weighted by Crippen LogP contribution is -2.31. The zero-order valence-electron chi connectivity index (χ0n) is 9.31. The molecule has 1 aliphatic rings. The maximum Gasteiger partial charge on any atom is 0.235 e. The molecule has 0 amide bonds. The zero-order chi connectivity index (χ0) is 11.8. The number of rotatable bonds is 3. The number of sulfonamides is 1. The fourth-order valence-electron chi connectivity index (χ4n) is 2.10. The Bertz CT molecular complexity index is 497. The molecule has 0 spiro atoms. The molecule has 1 heterocycles. The lowest BCUT2D eigenvalue weighted by Gasteiger charge is -2.20. The van der Waals surface area contributed by atoms with Gasteiger partial charge in [0.2, 0.25) is 10.0 Å². The molecule has 0 bridgehead atoms. The average molecular weight is 240 g/mol. The van der Waals surface area contributed by atoms with E-state index in [2.05, 4.69) is 0 Å². The van der Waals surface area contributed by atoms with Crippen molar-refractivity contribution in [1.29, 1.82) is 0 Å². The molecule has 16 heavy (non-hydrogen) atoms. The van der Waals surface area contributed by atoms with E-state index in [0.717, 1.165) is 12.0 Å². The first-order chi connectivity index (χ1) is 7.56. The summed E-state index contributed by atoms with van der Waals surface area (Å²) in [6.45, 7) is 2.38. The van der Waals surface area contributed by atoms with Crippen LogP contribution in [0.1, 0.15) is 18.9 Å². The normalized spacial score (nSPS) is 15.2. The van der Waals surface area contributed by atoms with Gasteiger partial charge >= 0.3 is 0 Å². The summed E-state index contributed by atoms with van der Waals surface area (Å²) < 4.78 is 25.5. The number of anilines is 2. The molecule has 0 saturated carbocycles. The summed E-state index contributed by atoms with van der Waals surface area (Å²) in [5, 5.41) is 0. The maximum absolute atomic E-state index is 12.0. The number of benzene rings is 1. The summed E-state index contributed by atoms with van der Waals surface area (Å²) >= 11 is 0. The van der Waals surface area contributed by atoms with Crippen LogP contribution in [-0.2, 0) is 16.4 Å². The predicted octanol–water partition coefficient (Wildman–Crippen LogP) is 1.37. The third-order valence-corrected chi connectivity index (χ3v) is 4.74. The van der Waals surface area contributed by atoms with Crippen LogP contribution in [0.5, 0.6) is 0 Å². The maximum atomic E-state index is 12.0. The second-order valence-electron chi connectivity index (χ2n) is 3.99. The van der Waals surface area contributed by atoms with Crippen LogP contribution in [0.4, 0.5) is 11.4 Å². The van der Waals surface area contributed by atoms with Gasteiger partial charge in [-0.05, 0) is 24.5 Å². The van der Waals surface area contributed by atoms with Crippen molar-refractivity contribution in [2.24, 2.45) is 0 Å². The molecule has 0 atom stereocenters. The van der Waals surface area contributed by atoms with Gasteiger partial charge in [-0.25, -0.2) is 8.42 Å². The Morgan fingerprint density at radius 3 is 2.88 bits per heavy atom. The second-order valence-corrected chi connectivity index (χ2v) is 6.01. The number of nitrogen functional groups attached to an aromatic ring is 1. The first kappa shape index (κ1) is 11.3. The minimum atomic E-state index is -3.19. The molecule has 2 rings (SSSR count). The molecular formula is C11H16N2O2S. The van der Waals surface area contributed by atoms with Gasteiger partial charge in [0.1, 0.15) is 0 Å². The topological polar surface area (TPSA) is 63.4 Å². The van der Waals surface area contributed by atoms with E-state index in [9.17, 15) is 8.42 Å². The molecule has 1 aromatic rings. The smallest absolute Gasteiger partial charge is 0.235 e. The van der Waals surface area contributed by atoms with E-state index in [4.69, 9.17) is 5.73 Å². The summed E-state index contributed by atoms with van der Waals surface area (Å²) in [7, 11) is -3.19. The quantitative estimate of drug-likeness (QED) is 0.812. The predicted molar refractivity (Wildman–Crippen MR) is 66.0 cm³/mol. The van der Waals surface area contributed by atoms with Gasteiger partial charge in [-0.15, -0.1) is 0 Å². The first-order valence-corrected chi connectivity index (χ1v) is 7.05. The zero-order valence-corrected chi connectivity index (χ0v) is 10.1. The molecule has 1 aliphatic heterocycles. The van der Waals surface area contributed by atoms with Crippen LogP contribution in [-0.4, -0.2) is 20.7 Å². The fraction of sp³-hybridized carbons (Fsp3) is 0.455. The van der Waals surface area contributed by atoms with Gasteiger partial charge in [0.05, 0.1) is 17.1 Å². The molecule has 0 aromatic heterocycles. The molecule has 2 N–H and O–H groups in total. The summed E-state index contributed by atoms with van der Waals surface area (Å²) in [6.07, 6.45) is 1.38. The molecule has 0 fully saturated rings. The van der Waals surface area contributed by atoms with Crippen LogP contribution in [0.15, 0.2) is 18.2 Å². The van der Waals surface area contributed by atoms with Gasteiger partial charge in [-0.3, -0.25) is 4.31 Å². The molecule has 88 valence electrons. The lowest BCUT2D eigenvalue weighted by atomic mass is 10.1. The number of nitrogens with zero attached hydrogens (tertiary/aromatic N) is 1. The standard InChI is InChI=1S/C11H16N2O2S/c1-2-8-16(14,15)13-7-6-9-4-3-5-10(12)11(9)13/h3-5H,2,6-8,12H2,1H3. The minimum absolute atomic E-state index is 0.181. The van der Waals surface area contributed by atoms with E-state index < -0.39 is 10.0 Å². The molecule has 0 radical (unpaired) electrons. The highest BCUT2D eigenvalue weighted by atomic mass is 32.2. The van der Waals surface area contributed by atoms with Crippen LogP contribution in [0.2, 0.25) is 0 Å². The number of fused-ring (bicyclic) bond motifs is 1. The molecule has 0 saturated heterocycles. The first-order valence-electron chi connectivity index (χ1n) is 5.44. The van der Waals surface area contributed by atoms with Crippen LogP contribution in [0, 0.1) is 0 Å². The van der Waals surface area contributed by atoms with Crippen LogP contribution in [0.25, 0.3) is 0 Å². The van der Waals surface area contributed by atoms with Gasteiger partial charge < -0.3 is 5.73 Å². The van der Waals surface area contributed by atoms with Crippen molar-refractivity contribution in [3.63, 3.8) is 0 Å². The van der Waals surface area contributed by atoms with E-state index in [1.807, 2.05) is 19.1 Å². The van der Waals surface area contributed by atoms with Crippen molar-refractivity contribution in [3.8, 4) is 0 Å². The van der Waals surface area contributed by atoms with Gasteiger partial charge in [-0.1, -0.05) is 19.1 Å². The van der Waals surface area contributed by atoms with E-state index in [1.165, 1.54) is 4.31 Å². The fourth-order valence-corrected chi connectivity index (χ4v) is 3.70. The minimum Gasteiger partial charge on any atom is -0.397 e. The third kappa shape index (κ3) is 1.75. The Labute approximate surface area is 96.1 Å². The van der Waals surface area contributed by atoms with Crippen molar-refractivity contribution in [1.82, 2.24) is 0 Å². The Kier molecular flexibility index (Phi) is 2.80. The number of hydrogen-bond donors (Lipinski definition) is 1. The largest absolute Gasteiger partial charge is 0.397 e. The Morgan fingerprint density at radius 1 is 1.44 bits per heavy atom. The molecule has 0 aliphatic carbocycles. The van der Waals surface area contributed by atoms with Crippen LogP contribution >= 0.6 is 0 Å².